The Kier molecular flexibility index (Phi) is 4.19. The molecule has 0 spiro atoms. The summed E-state index contributed by atoms with van der Waals surface area (Å²) < 4.78 is 5.10. The van der Waals surface area contributed by atoms with Crippen molar-refractivity contribution in [3.8, 4) is 10.6 Å². The number of thiazole rings is 1. The minimum atomic E-state index is -0.213. The third-order valence-corrected chi connectivity index (χ3v) is 4.87. The third-order valence-electron chi connectivity index (χ3n) is 3.93. The van der Waals surface area contributed by atoms with E-state index in [1.807, 2.05) is 13.0 Å². The molecule has 2 aromatic heterocycles. The number of aromatic nitrogens is 1. The molecule has 0 unspecified atom stereocenters. The lowest BCUT2D eigenvalue weighted by atomic mass is 9.93. The van der Waals surface area contributed by atoms with Crippen LogP contribution in [-0.4, -0.2) is 34.2 Å². The van der Waals surface area contributed by atoms with Crippen LogP contribution in [0.5, 0.6) is 0 Å². The zero-order valence-corrected chi connectivity index (χ0v) is 12.5. The molecule has 0 radical (unpaired) electrons. The number of hydrogen-bond acceptors (Lipinski definition) is 5. The van der Waals surface area contributed by atoms with Gasteiger partial charge in [0.1, 0.15) is 11.3 Å². The molecule has 1 saturated heterocycles. The molecule has 4 nitrogen and oxygen atoms in total. The molecular weight excluding hydrogens is 272 g/mol. The van der Waals surface area contributed by atoms with E-state index in [9.17, 15) is 5.11 Å². The van der Waals surface area contributed by atoms with E-state index in [2.05, 4.69) is 15.3 Å². The fourth-order valence-corrected chi connectivity index (χ4v) is 3.55. The second-order valence-corrected chi connectivity index (χ2v) is 6.39. The monoisotopic (exact) mass is 292 g/mol. The van der Waals surface area contributed by atoms with Crippen LogP contribution in [0.15, 0.2) is 28.4 Å². The molecule has 0 aromatic carbocycles. The van der Waals surface area contributed by atoms with Crippen molar-refractivity contribution >= 4 is 11.3 Å². The van der Waals surface area contributed by atoms with E-state index < -0.39 is 0 Å². The number of aliphatic hydroxyl groups is 1. The first-order chi connectivity index (χ1) is 9.72. The first kappa shape index (κ1) is 13.8. The Hall–Kier alpha value is -1.17. The molecular formula is C15H20N2O2S. The lowest BCUT2D eigenvalue weighted by Crippen LogP contribution is -2.39. The Morgan fingerprint density at radius 3 is 3.25 bits per heavy atom. The maximum Gasteiger partial charge on any atom is 0.126 e. The van der Waals surface area contributed by atoms with E-state index in [4.69, 9.17) is 4.42 Å². The Morgan fingerprint density at radius 2 is 2.50 bits per heavy atom. The summed E-state index contributed by atoms with van der Waals surface area (Å²) in [6.07, 6.45) is 5.48. The summed E-state index contributed by atoms with van der Waals surface area (Å²) >= 11 is 1.66. The Bertz CT molecular complexity index is 536. The molecule has 0 aliphatic carbocycles. The SMILES string of the molecule is C[C@H](O)[C@@H]1CCCN(Cc2csc(-c3ccoc3)n2)C1. The highest BCUT2D eigenvalue weighted by Crippen LogP contribution is 2.26. The maximum atomic E-state index is 9.74. The molecule has 20 heavy (non-hydrogen) atoms. The standard InChI is InChI=1S/C15H20N2O2S/c1-11(18)12-3-2-5-17(7-12)8-14-10-20-15(16-14)13-4-6-19-9-13/h4,6,9-12,18H,2-3,5,7-8H2,1H3/t11-,12+/m0/s1. The topological polar surface area (TPSA) is 49.5 Å². The van der Waals surface area contributed by atoms with Crippen molar-refractivity contribution in [3.05, 3.63) is 29.7 Å². The van der Waals surface area contributed by atoms with Gasteiger partial charge in [-0.15, -0.1) is 11.3 Å². The van der Waals surface area contributed by atoms with Gasteiger partial charge in [0.15, 0.2) is 0 Å². The average molecular weight is 292 g/mol. The number of piperidine rings is 1. The van der Waals surface area contributed by atoms with Crippen LogP contribution in [0.4, 0.5) is 0 Å². The van der Waals surface area contributed by atoms with E-state index >= 15 is 0 Å². The highest BCUT2D eigenvalue weighted by atomic mass is 32.1. The highest BCUT2D eigenvalue weighted by molar-refractivity contribution is 7.13. The van der Waals surface area contributed by atoms with Crippen LogP contribution >= 0.6 is 11.3 Å². The summed E-state index contributed by atoms with van der Waals surface area (Å²) in [6.45, 7) is 4.84. The minimum absolute atomic E-state index is 0.213. The summed E-state index contributed by atoms with van der Waals surface area (Å²) in [5.74, 6) is 0.399. The van der Waals surface area contributed by atoms with Crippen molar-refractivity contribution in [1.82, 2.24) is 9.88 Å². The summed E-state index contributed by atoms with van der Waals surface area (Å²) in [4.78, 5) is 7.07. The van der Waals surface area contributed by atoms with Crippen molar-refractivity contribution in [3.63, 3.8) is 0 Å². The average Bonchev–Trinajstić information content (AvgIpc) is 3.09. The summed E-state index contributed by atoms with van der Waals surface area (Å²) in [5.41, 5.74) is 2.15. The van der Waals surface area contributed by atoms with Gasteiger partial charge < -0.3 is 9.52 Å². The van der Waals surface area contributed by atoms with Crippen LogP contribution in [0.3, 0.4) is 0 Å². The second-order valence-electron chi connectivity index (χ2n) is 5.53. The quantitative estimate of drug-likeness (QED) is 0.941. The number of aliphatic hydroxyl groups excluding tert-OH is 1. The van der Waals surface area contributed by atoms with Crippen molar-refractivity contribution in [2.24, 2.45) is 5.92 Å². The van der Waals surface area contributed by atoms with Gasteiger partial charge in [-0.25, -0.2) is 4.98 Å². The molecule has 0 amide bonds. The van der Waals surface area contributed by atoms with E-state index in [1.54, 1.807) is 23.9 Å². The molecule has 1 aliphatic rings. The molecule has 5 heteroatoms. The van der Waals surface area contributed by atoms with Crippen LogP contribution in [0.2, 0.25) is 0 Å². The summed E-state index contributed by atoms with van der Waals surface area (Å²) in [6, 6.07) is 1.94. The number of furan rings is 1. The van der Waals surface area contributed by atoms with Crippen LogP contribution in [0.1, 0.15) is 25.5 Å². The Balaban J connectivity index is 1.63. The maximum absolute atomic E-state index is 9.74. The molecule has 0 saturated carbocycles. The minimum Gasteiger partial charge on any atom is -0.472 e. The predicted octanol–water partition coefficient (Wildman–Crippen LogP) is 3.00. The van der Waals surface area contributed by atoms with E-state index in [0.29, 0.717) is 5.92 Å². The lowest BCUT2D eigenvalue weighted by Gasteiger charge is -2.33. The lowest BCUT2D eigenvalue weighted by molar-refractivity contribution is 0.0595. The molecule has 0 bridgehead atoms. The molecule has 1 aliphatic heterocycles. The van der Waals surface area contributed by atoms with Gasteiger partial charge in [-0.2, -0.15) is 0 Å². The van der Waals surface area contributed by atoms with Crippen LogP contribution in [0, 0.1) is 5.92 Å². The van der Waals surface area contributed by atoms with Gasteiger partial charge in [-0.3, -0.25) is 4.90 Å². The van der Waals surface area contributed by atoms with Gasteiger partial charge in [0.2, 0.25) is 0 Å². The van der Waals surface area contributed by atoms with Crippen LogP contribution in [0.25, 0.3) is 10.6 Å². The van der Waals surface area contributed by atoms with Gasteiger partial charge in [-0.1, -0.05) is 0 Å². The van der Waals surface area contributed by atoms with E-state index in [1.165, 1.54) is 0 Å². The first-order valence-corrected chi connectivity index (χ1v) is 7.98. The normalized spacial score (nSPS) is 22.0. The number of likely N-dealkylation sites (tertiary alicyclic amines) is 1. The molecule has 2 aromatic rings. The molecule has 1 N–H and O–H groups in total. The smallest absolute Gasteiger partial charge is 0.126 e. The van der Waals surface area contributed by atoms with Gasteiger partial charge in [0.05, 0.1) is 18.1 Å². The molecule has 3 rings (SSSR count). The van der Waals surface area contributed by atoms with Gasteiger partial charge in [0, 0.05) is 24.0 Å². The number of nitrogens with zero attached hydrogens (tertiary/aromatic N) is 2. The summed E-state index contributed by atoms with van der Waals surface area (Å²) in [5, 5.41) is 12.9. The third kappa shape index (κ3) is 3.11. The Labute approximate surface area is 123 Å². The van der Waals surface area contributed by atoms with Gasteiger partial charge in [0.25, 0.3) is 0 Å². The largest absolute Gasteiger partial charge is 0.472 e. The van der Waals surface area contributed by atoms with Crippen molar-refractivity contribution in [2.75, 3.05) is 13.1 Å². The fraction of sp³-hybridized carbons (Fsp3) is 0.533. The van der Waals surface area contributed by atoms with Gasteiger partial charge in [-0.05, 0) is 38.3 Å². The fourth-order valence-electron chi connectivity index (χ4n) is 2.76. The zero-order chi connectivity index (χ0) is 13.9. The summed E-state index contributed by atoms with van der Waals surface area (Å²) in [7, 11) is 0. The highest BCUT2D eigenvalue weighted by Gasteiger charge is 2.23. The number of hydrogen-bond donors (Lipinski definition) is 1. The van der Waals surface area contributed by atoms with Crippen molar-refractivity contribution < 1.29 is 9.52 Å². The second kappa shape index (κ2) is 6.08. The van der Waals surface area contributed by atoms with E-state index in [0.717, 1.165) is 48.7 Å². The molecule has 108 valence electrons. The van der Waals surface area contributed by atoms with E-state index in [-0.39, 0.29) is 6.10 Å². The van der Waals surface area contributed by atoms with Gasteiger partial charge >= 0.3 is 0 Å². The predicted molar refractivity (Wildman–Crippen MR) is 79.5 cm³/mol. The first-order valence-electron chi connectivity index (χ1n) is 7.10. The molecule has 2 atom stereocenters. The Morgan fingerprint density at radius 1 is 1.60 bits per heavy atom. The number of rotatable bonds is 4. The van der Waals surface area contributed by atoms with Crippen molar-refractivity contribution in [1.29, 1.82) is 0 Å². The van der Waals surface area contributed by atoms with Crippen LogP contribution < -0.4 is 0 Å². The molecule has 1 fully saturated rings. The molecule has 3 heterocycles. The van der Waals surface area contributed by atoms with Crippen molar-refractivity contribution in [2.45, 2.75) is 32.4 Å². The van der Waals surface area contributed by atoms with Crippen LogP contribution in [-0.2, 0) is 6.54 Å². The zero-order valence-electron chi connectivity index (χ0n) is 11.7.